The number of aliphatic imine (C=N–C) groups is 1. The number of hydrogen-bond acceptors (Lipinski definition) is 6. The van der Waals surface area contributed by atoms with E-state index in [4.69, 9.17) is 9.73 Å². The number of benzene rings is 2. The number of fused-ring (bicyclic) bond motifs is 1. The Morgan fingerprint density at radius 1 is 1.16 bits per heavy atom. The Bertz CT molecular complexity index is 1290. The molecular weight excluding hydrogens is 444 g/mol. The fourth-order valence-electron chi connectivity index (χ4n) is 3.80. The molecule has 0 saturated carbocycles. The third-order valence-electron chi connectivity index (χ3n) is 5.21. The highest BCUT2D eigenvalue weighted by Gasteiger charge is 2.28. The van der Waals surface area contributed by atoms with Crippen LogP contribution in [0, 0.1) is 0 Å². The van der Waals surface area contributed by atoms with Gasteiger partial charge in [0.05, 0.1) is 24.8 Å². The van der Waals surface area contributed by atoms with Gasteiger partial charge in [-0.05, 0) is 61.5 Å². The number of hydrogen-bond donors (Lipinski definition) is 1. The summed E-state index contributed by atoms with van der Waals surface area (Å²) in [6.45, 7) is 4.09. The van der Waals surface area contributed by atoms with Gasteiger partial charge in [-0.2, -0.15) is 0 Å². The van der Waals surface area contributed by atoms with E-state index in [1.54, 1.807) is 42.8 Å². The minimum Gasteiger partial charge on any atom is -0.497 e. The molecule has 0 amide bonds. The van der Waals surface area contributed by atoms with Crippen molar-refractivity contribution in [3.63, 3.8) is 0 Å². The van der Waals surface area contributed by atoms with Crippen LogP contribution in [0.2, 0.25) is 0 Å². The molecule has 0 unspecified atom stereocenters. The molecule has 2 aromatic carbocycles. The first kappa shape index (κ1) is 22.2. The topological polar surface area (TPSA) is 84.8 Å². The number of nitrogens with zero attached hydrogens (tertiary/aromatic N) is 1. The molecule has 3 aromatic rings. The number of Topliss-reactive ketones (excluding diaryl/α,β-unsaturated/α-hetero) is 1. The summed E-state index contributed by atoms with van der Waals surface area (Å²) in [6.07, 6.45) is 0.898. The quantitative estimate of drug-likeness (QED) is 0.497. The zero-order chi connectivity index (χ0) is 22.9. The van der Waals surface area contributed by atoms with Crippen molar-refractivity contribution in [2.45, 2.75) is 36.4 Å². The number of thiophene rings is 1. The lowest BCUT2D eigenvalue weighted by Crippen LogP contribution is -2.30. The number of ether oxygens (including phenoxy) is 1. The van der Waals surface area contributed by atoms with Crippen LogP contribution in [0.1, 0.15) is 41.8 Å². The Labute approximate surface area is 192 Å². The molecule has 1 aromatic heterocycles. The van der Waals surface area contributed by atoms with Crippen LogP contribution < -0.4 is 9.46 Å². The van der Waals surface area contributed by atoms with Crippen molar-refractivity contribution >= 4 is 38.5 Å². The fraction of sp³-hybridized carbons (Fsp3) is 0.250. The van der Waals surface area contributed by atoms with Gasteiger partial charge in [-0.1, -0.05) is 24.3 Å². The molecule has 0 atom stereocenters. The Morgan fingerprint density at radius 3 is 2.69 bits per heavy atom. The number of sulfonamides is 1. The van der Waals surface area contributed by atoms with Crippen LogP contribution in [0.5, 0.6) is 5.75 Å². The second-order valence-electron chi connectivity index (χ2n) is 8.29. The third-order valence-corrected chi connectivity index (χ3v) is 7.99. The predicted octanol–water partition coefficient (Wildman–Crippen LogP) is 4.95. The van der Waals surface area contributed by atoms with Gasteiger partial charge in [0, 0.05) is 16.8 Å². The zero-order valence-electron chi connectivity index (χ0n) is 18.1. The summed E-state index contributed by atoms with van der Waals surface area (Å²) in [5, 5.41) is 1.70. The second kappa shape index (κ2) is 8.52. The first-order chi connectivity index (χ1) is 15.2. The largest absolute Gasteiger partial charge is 0.497 e. The Kier molecular flexibility index (Phi) is 5.92. The van der Waals surface area contributed by atoms with Crippen LogP contribution in [0.25, 0.3) is 0 Å². The van der Waals surface area contributed by atoms with Gasteiger partial charge in [-0.3, -0.25) is 14.5 Å². The summed E-state index contributed by atoms with van der Waals surface area (Å²) >= 11 is 1.14. The van der Waals surface area contributed by atoms with Crippen LogP contribution in [0.4, 0.5) is 5.69 Å². The molecule has 4 rings (SSSR count). The third kappa shape index (κ3) is 4.76. The van der Waals surface area contributed by atoms with E-state index >= 15 is 0 Å². The summed E-state index contributed by atoms with van der Waals surface area (Å²) < 4.78 is 33.2. The van der Waals surface area contributed by atoms with Gasteiger partial charge in [0.1, 0.15) is 9.96 Å². The van der Waals surface area contributed by atoms with Gasteiger partial charge in [-0.15, -0.1) is 11.3 Å². The van der Waals surface area contributed by atoms with E-state index in [2.05, 4.69) is 4.72 Å². The molecule has 0 saturated heterocycles. The molecule has 0 aliphatic carbocycles. The summed E-state index contributed by atoms with van der Waals surface area (Å²) in [5.74, 6) is 0.584. The van der Waals surface area contributed by atoms with Crippen LogP contribution >= 0.6 is 11.3 Å². The van der Waals surface area contributed by atoms with Crippen molar-refractivity contribution in [3.05, 3.63) is 76.7 Å². The van der Waals surface area contributed by atoms with Gasteiger partial charge in [0.15, 0.2) is 5.78 Å². The van der Waals surface area contributed by atoms with Crippen molar-refractivity contribution in [2.24, 2.45) is 4.99 Å². The van der Waals surface area contributed by atoms with Gasteiger partial charge >= 0.3 is 0 Å². The number of nitrogens with one attached hydrogen (secondary N) is 1. The van der Waals surface area contributed by atoms with E-state index in [0.717, 1.165) is 28.9 Å². The zero-order valence-corrected chi connectivity index (χ0v) is 19.7. The molecule has 0 fully saturated rings. The van der Waals surface area contributed by atoms with Crippen molar-refractivity contribution in [2.75, 3.05) is 11.8 Å². The fourth-order valence-corrected chi connectivity index (χ4v) is 5.85. The summed E-state index contributed by atoms with van der Waals surface area (Å²) in [4.78, 5) is 18.0. The Hall–Kier alpha value is -2.97. The summed E-state index contributed by atoms with van der Waals surface area (Å²) in [7, 11) is -2.07. The van der Waals surface area contributed by atoms with E-state index in [1.165, 1.54) is 6.07 Å². The van der Waals surface area contributed by atoms with E-state index in [9.17, 15) is 13.2 Å². The minimum absolute atomic E-state index is 0.116. The maximum absolute atomic E-state index is 13.1. The lowest BCUT2D eigenvalue weighted by Gasteiger charge is -2.29. The van der Waals surface area contributed by atoms with E-state index < -0.39 is 10.0 Å². The van der Waals surface area contributed by atoms with E-state index in [1.807, 2.05) is 32.0 Å². The molecule has 1 N–H and O–H groups in total. The molecule has 8 heteroatoms. The number of methoxy groups -OCH3 is 1. The molecule has 1 aliphatic heterocycles. The van der Waals surface area contributed by atoms with Crippen LogP contribution in [-0.4, -0.2) is 32.6 Å². The maximum Gasteiger partial charge on any atom is 0.271 e. The van der Waals surface area contributed by atoms with Crippen molar-refractivity contribution in [3.8, 4) is 5.75 Å². The molecule has 166 valence electrons. The Balaban J connectivity index is 1.59. The van der Waals surface area contributed by atoms with Gasteiger partial charge < -0.3 is 4.74 Å². The number of anilines is 1. The smallest absolute Gasteiger partial charge is 0.271 e. The maximum atomic E-state index is 13.1. The van der Waals surface area contributed by atoms with Crippen LogP contribution in [0.15, 0.2) is 69.2 Å². The number of carbonyl (C=O) groups is 1. The lowest BCUT2D eigenvalue weighted by molar-refractivity contribution is 0.100. The van der Waals surface area contributed by atoms with E-state index in [-0.39, 0.29) is 22.0 Å². The molecule has 0 bridgehead atoms. The minimum atomic E-state index is -3.68. The SMILES string of the molecule is COc1ccc2c(c1)C(CC(=O)c1cccc(NS(=O)(=O)c3cccs3)c1)=NC(C)(C)C2. The average molecular weight is 469 g/mol. The first-order valence-corrected chi connectivity index (χ1v) is 12.5. The molecule has 6 nitrogen and oxygen atoms in total. The van der Waals surface area contributed by atoms with Crippen molar-refractivity contribution < 1.29 is 17.9 Å². The Morgan fingerprint density at radius 2 is 1.97 bits per heavy atom. The summed E-state index contributed by atoms with van der Waals surface area (Å²) in [6, 6.07) is 15.6. The van der Waals surface area contributed by atoms with Gasteiger partial charge in [0.25, 0.3) is 10.0 Å². The number of rotatable bonds is 7. The average Bonchev–Trinajstić information content (AvgIpc) is 3.29. The second-order valence-corrected chi connectivity index (χ2v) is 11.1. The standard InChI is InChI=1S/C24H24N2O4S2/c1-24(2)15-17-9-10-19(30-3)13-20(17)21(25-24)14-22(27)16-6-4-7-18(12-16)26-32(28,29)23-8-5-11-31-23/h4-13,26H,14-15H2,1-3H3. The van der Waals surface area contributed by atoms with Gasteiger partial charge in [0.2, 0.25) is 0 Å². The molecule has 2 heterocycles. The molecule has 1 aliphatic rings. The highest BCUT2D eigenvalue weighted by molar-refractivity contribution is 7.94. The number of carbonyl (C=O) groups excluding carboxylic acids is 1. The molecular formula is C24H24N2O4S2. The molecule has 0 spiro atoms. The predicted molar refractivity (Wildman–Crippen MR) is 128 cm³/mol. The van der Waals surface area contributed by atoms with Crippen molar-refractivity contribution in [1.29, 1.82) is 0 Å². The highest BCUT2D eigenvalue weighted by atomic mass is 32.2. The van der Waals surface area contributed by atoms with Crippen molar-refractivity contribution in [1.82, 2.24) is 0 Å². The monoisotopic (exact) mass is 468 g/mol. The first-order valence-electron chi connectivity index (χ1n) is 10.1. The number of ketones is 1. The van der Waals surface area contributed by atoms with Gasteiger partial charge in [-0.25, -0.2) is 8.42 Å². The lowest BCUT2D eigenvalue weighted by atomic mass is 9.85. The van der Waals surface area contributed by atoms with Crippen LogP contribution in [0.3, 0.4) is 0 Å². The highest BCUT2D eigenvalue weighted by Crippen LogP contribution is 2.31. The molecule has 32 heavy (non-hydrogen) atoms. The van der Waals surface area contributed by atoms with E-state index in [0.29, 0.717) is 22.7 Å². The summed E-state index contributed by atoms with van der Waals surface area (Å²) in [5.41, 5.74) is 3.22. The van der Waals surface area contributed by atoms with Crippen LogP contribution in [-0.2, 0) is 16.4 Å². The normalized spacial score (nSPS) is 14.9. The molecule has 0 radical (unpaired) electrons.